The number of sulfonamides is 1. The predicted molar refractivity (Wildman–Crippen MR) is 122 cm³/mol. The summed E-state index contributed by atoms with van der Waals surface area (Å²) in [6, 6.07) is 4.36. The van der Waals surface area contributed by atoms with E-state index in [1.807, 2.05) is 6.92 Å². The molecule has 0 spiro atoms. The maximum Gasteiger partial charge on any atom is 0.322 e. The molecular weight excluding hydrogens is 453 g/mol. The summed E-state index contributed by atoms with van der Waals surface area (Å²) in [5.41, 5.74) is 0.411. The Morgan fingerprint density at radius 1 is 1.27 bits per heavy atom. The van der Waals surface area contributed by atoms with E-state index in [4.69, 9.17) is 4.74 Å². The van der Waals surface area contributed by atoms with Crippen molar-refractivity contribution in [3.8, 4) is 0 Å². The van der Waals surface area contributed by atoms with Gasteiger partial charge in [0, 0.05) is 52.1 Å². The van der Waals surface area contributed by atoms with Gasteiger partial charge < -0.3 is 24.6 Å². The highest BCUT2D eigenvalue weighted by molar-refractivity contribution is 7.89. The van der Waals surface area contributed by atoms with Crippen molar-refractivity contribution in [2.24, 2.45) is 13.0 Å². The Morgan fingerprint density at radius 2 is 1.91 bits per heavy atom. The van der Waals surface area contributed by atoms with Gasteiger partial charge in [0.2, 0.25) is 0 Å². The zero-order chi connectivity index (χ0) is 24.8. The molecule has 0 aliphatic rings. The number of carbonyl (C=O) groups is 1. The van der Waals surface area contributed by atoms with E-state index in [9.17, 15) is 22.7 Å². The maximum absolute atomic E-state index is 13.1. The van der Waals surface area contributed by atoms with Gasteiger partial charge in [0.15, 0.2) is 5.03 Å². The maximum atomic E-state index is 13.1. The largest absolute Gasteiger partial charge is 0.394 e. The van der Waals surface area contributed by atoms with E-state index in [2.05, 4.69) is 10.3 Å². The Labute approximate surface area is 194 Å². The van der Waals surface area contributed by atoms with Crippen molar-refractivity contribution < 1.29 is 27.4 Å². The lowest BCUT2D eigenvalue weighted by Gasteiger charge is -2.34. The van der Waals surface area contributed by atoms with E-state index < -0.39 is 34.0 Å². The molecule has 1 aromatic heterocycles. The first kappa shape index (κ1) is 26.7. The first-order valence-corrected chi connectivity index (χ1v) is 11.8. The Hall–Kier alpha value is -2.54. The Bertz CT molecular complexity index is 1010. The third-order valence-electron chi connectivity index (χ3n) is 5.37. The lowest BCUT2D eigenvalue weighted by molar-refractivity contribution is 0.0305. The molecule has 2 N–H and O–H groups in total. The highest BCUT2D eigenvalue weighted by Gasteiger charge is 2.31. The average molecular weight is 486 g/mol. The Balaban J connectivity index is 2.11. The van der Waals surface area contributed by atoms with Crippen LogP contribution >= 0.6 is 0 Å². The van der Waals surface area contributed by atoms with Gasteiger partial charge >= 0.3 is 6.03 Å². The quantitative estimate of drug-likeness (QED) is 0.501. The van der Waals surface area contributed by atoms with Crippen LogP contribution in [0.2, 0.25) is 0 Å². The van der Waals surface area contributed by atoms with Crippen molar-refractivity contribution in [1.29, 1.82) is 0 Å². The number of aliphatic hydroxyl groups is 1. The van der Waals surface area contributed by atoms with E-state index in [0.717, 1.165) is 0 Å². The third-order valence-corrected chi connectivity index (χ3v) is 7.08. The third kappa shape index (κ3) is 6.97. The van der Waals surface area contributed by atoms with Crippen molar-refractivity contribution in [2.75, 3.05) is 39.2 Å². The van der Waals surface area contributed by atoms with Gasteiger partial charge in [0.25, 0.3) is 10.0 Å². The van der Waals surface area contributed by atoms with Crippen LogP contribution < -0.4 is 5.32 Å². The van der Waals surface area contributed by atoms with E-state index in [1.165, 1.54) is 60.2 Å². The molecule has 3 atom stereocenters. The lowest BCUT2D eigenvalue weighted by Crippen LogP contribution is -2.48. The molecule has 0 bridgehead atoms. The highest BCUT2D eigenvalue weighted by Crippen LogP contribution is 2.18. The summed E-state index contributed by atoms with van der Waals surface area (Å²) in [7, 11) is 0.787. The second-order valence-electron chi connectivity index (χ2n) is 8.04. The summed E-state index contributed by atoms with van der Waals surface area (Å²) >= 11 is 0. The number of aromatic nitrogens is 2. The number of nitrogens with zero attached hydrogens (tertiary/aromatic N) is 4. The molecule has 10 nitrogen and oxygen atoms in total. The molecule has 33 heavy (non-hydrogen) atoms. The summed E-state index contributed by atoms with van der Waals surface area (Å²) in [5.74, 6) is -0.709. The summed E-state index contributed by atoms with van der Waals surface area (Å²) in [4.78, 5) is 18.2. The van der Waals surface area contributed by atoms with Gasteiger partial charge in [-0.15, -0.1) is 0 Å². The number of amides is 2. The van der Waals surface area contributed by atoms with Crippen molar-refractivity contribution in [2.45, 2.75) is 31.0 Å². The van der Waals surface area contributed by atoms with Gasteiger partial charge in [0.1, 0.15) is 5.82 Å². The molecule has 184 valence electrons. The summed E-state index contributed by atoms with van der Waals surface area (Å²) in [5, 5.41) is 12.3. The van der Waals surface area contributed by atoms with Crippen LogP contribution in [0.25, 0.3) is 0 Å². The SMILES string of the molecule is CO[C@H](CN(C)S(=O)(=O)c1cn(C)cn1)[C@H](C)CN(C(=O)Nc1ccc(F)cc1)[C@H](C)CO. The van der Waals surface area contributed by atoms with Crippen LogP contribution in [0.15, 0.2) is 41.8 Å². The summed E-state index contributed by atoms with van der Waals surface area (Å²) in [6.07, 6.45) is 2.28. The number of likely N-dealkylation sites (N-methyl/N-ethyl adjacent to an activating group) is 1. The van der Waals surface area contributed by atoms with Crippen LogP contribution in [0.5, 0.6) is 0 Å². The first-order valence-electron chi connectivity index (χ1n) is 10.4. The average Bonchev–Trinajstić information content (AvgIpc) is 3.23. The van der Waals surface area contributed by atoms with Crippen molar-refractivity contribution >= 4 is 21.7 Å². The van der Waals surface area contributed by atoms with E-state index in [1.54, 1.807) is 18.5 Å². The van der Waals surface area contributed by atoms with Crippen molar-refractivity contribution in [3.05, 3.63) is 42.6 Å². The number of rotatable bonds is 11. The zero-order valence-corrected chi connectivity index (χ0v) is 20.3. The van der Waals surface area contributed by atoms with E-state index in [0.29, 0.717) is 5.69 Å². The number of hydrogen-bond donors (Lipinski definition) is 2. The number of urea groups is 1. The lowest BCUT2D eigenvalue weighted by atomic mass is 10.0. The predicted octanol–water partition coefficient (Wildman–Crippen LogP) is 1.75. The number of ether oxygens (including phenoxy) is 1. The monoisotopic (exact) mass is 485 g/mol. The zero-order valence-electron chi connectivity index (χ0n) is 19.5. The molecule has 0 unspecified atom stereocenters. The van der Waals surface area contributed by atoms with Crippen LogP contribution in [0.1, 0.15) is 13.8 Å². The minimum Gasteiger partial charge on any atom is -0.394 e. The van der Waals surface area contributed by atoms with Gasteiger partial charge in [-0.1, -0.05) is 6.92 Å². The molecule has 2 amide bonds. The molecule has 0 saturated heterocycles. The number of aryl methyl sites for hydroxylation is 1. The summed E-state index contributed by atoms with van der Waals surface area (Å²) in [6.45, 7) is 3.48. The van der Waals surface area contributed by atoms with Gasteiger partial charge in [-0.3, -0.25) is 0 Å². The molecule has 0 aliphatic heterocycles. The molecule has 2 aromatic rings. The van der Waals surface area contributed by atoms with Crippen molar-refractivity contribution in [3.63, 3.8) is 0 Å². The van der Waals surface area contributed by atoms with Crippen LogP contribution in [0.3, 0.4) is 0 Å². The second kappa shape index (κ2) is 11.5. The molecule has 12 heteroatoms. The Kier molecular flexibility index (Phi) is 9.35. The minimum absolute atomic E-state index is 0.0392. The number of anilines is 1. The molecule has 2 rings (SSSR count). The Morgan fingerprint density at radius 3 is 2.42 bits per heavy atom. The topological polar surface area (TPSA) is 117 Å². The standard InChI is InChI=1S/C21H32FN5O5S/c1-15(19(32-5)11-26(4)33(30,31)20-12-25(3)14-23-20)10-27(16(2)13-28)21(29)24-18-8-6-17(22)7-9-18/h6-9,12,14-16,19,28H,10-11,13H2,1-5H3,(H,24,29)/t15-,16-,19-/m1/s1. The van der Waals surface area contributed by atoms with Gasteiger partial charge in [-0.25, -0.2) is 22.6 Å². The molecule has 0 radical (unpaired) electrons. The molecular formula is C21H32FN5O5S. The number of hydrogen-bond acceptors (Lipinski definition) is 6. The van der Waals surface area contributed by atoms with E-state index in [-0.39, 0.29) is 30.6 Å². The minimum atomic E-state index is -3.81. The number of nitrogens with one attached hydrogen (secondary N) is 1. The second-order valence-corrected chi connectivity index (χ2v) is 10.0. The number of halogens is 1. The fraction of sp³-hybridized carbons (Fsp3) is 0.524. The molecule has 0 saturated carbocycles. The highest BCUT2D eigenvalue weighted by atomic mass is 32.2. The van der Waals surface area contributed by atoms with Crippen LogP contribution in [-0.4, -0.2) is 84.3 Å². The molecule has 0 aliphatic carbocycles. The molecule has 1 aromatic carbocycles. The van der Waals surface area contributed by atoms with Gasteiger partial charge in [-0.2, -0.15) is 4.31 Å². The van der Waals surface area contributed by atoms with Gasteiger partial charge in [-0.05, 0) is 31.2 Å². The summed E-state index contributed by atoms with van der Waals surface area (Å²) < 4.78 is 47.0. The van der Waals surface area contributed by atoms with Crippen LogP contribution in [0.4, 0.5) is 14.9 Å². The smallest absolute Gasteiger partial charge is 0.322 e. The van der Waals surface area contributed by atoms with Crippen LogP contribution in [-0.2, 0) is 21.8 Å². The number of benzene rings is 1. The first-order chi connectivity index (χ1) is 15.5. The van der Waals surface area contributed by atoms with Crippen molar-refractivity contribution in [1.82, 2.24) is 18.8 Å². The number of methoxy groups -OCH3 is 1. The fourth-order valence-electron chi connectivity index (χ4n) is 3.24. The van der Waals surface area contributed by atoms with Crippen LogP contribution in [0, 0.1) is 11.7 Å². The number of carbonyl (C=O) groups excluding carboxylic acids is 1. The normalized spacial score (nSPS) is 14.7. The molecule has 0 fully saturated rings. The number of imidazole rings is 1. The van der Waals surface area contributed by atoms with E-state index >= 15 is 0 Å². The number of aliphatic hydroxyl groups excluding tert-OH is 1. The fourth-order valence-corrected chi connectivity index (χ4v) is 4.38. The van der Waals surface area contributed by atoms with Gasteiger partial charge in [0.05, 0.1) is 25.1 Å². The molecule has 1 heterocycles.